The summed E-state index contributed by atoms with van der Waals surface area (Å²) in [5, 5.41) is 18.2. The van der Waals surface area contributed by atoms with Gasteiger partial charge in [0.25, 0.3) is 0 Å². The molecule has 2 N–H and O–H groups in total. The van der Waals surface area contributed by atoms with Gasteiger partial charge in [-0.3, -0.25) is 4.79 Å². The number of hydrogen-bond donors (Lipinski definition) is 2. The first-order valence-electron chi connectivity index (χ1n) is 7.86. The highest BCUT2D eigenvalue weighted by Gasteiger charge is 1.97. The molecule has 0 spiro atoms. The number of carboxylic acid groups (broad SMARTS) is 1. The third-order valence-corrected chi connectivity index (χ3v) is 3.15. The van der Waals surface area contributed by atoms with E-state index >= 15 is 0 Å². The molecule has 116 valence electrons. The third-order valence-electron chi connectivity index (χ3n) is 3.15. The summed E-state index contributed by atoms with van der Waals surface area (Å²) < 4.78 is 0. The van der Waals surface area contributed by atoms with Crippen molar-refractivity contribution in [2.45, 2.75) is 77.2 Å². The van der Waals surface area contributed by atoms with Crippen LogP contribution in [-0.2, 0) is 4.79 Å². The van der Waals surface area contributed by atoms with Gasteiger partial charge in [0.1, 0.15) is 0 Å². The van der Waals surface area contributed by atoms with Crippen molar-refractivity contribution in [2.75, 3.05) is 0 Å². The number of aliphatic hydroxyl groups is 1. The van der Waals surface area contributed by atoms with Crippen molar-refractivity contribution < 1.29 is 15.0 Å². The van der Waals surface area contributed by atoms with Gasteiger partial charge in [-0.05, 0) is 38.5 Å². The Morgan fingerprint density at radius 1 is 0.950 bits per heavy atom. The van der Waals surface area contributed by atoms with E-state index in [1.807, 2.05) is 6.08 Å². The number of aliphatic carboxylic acids is 1. The van der Waals surface area contributed by atoms with E-state index in [2.05, 4.69) is 25.2 Å². The quantitative estimate of drug-likeness (QED) is 0.387. The van der Waals surface area contributed by atoms with Crippen molar-refractivity contribution in [3.8, 4) is 0 Å². The minimum absolute atomic E-state index is 0.259. The van der Waals surface area contributed by atoms with E-state index in [9.17, 15) is 9.90 Å². The maximum Gasteiger partial charge on any atom is 0.303 e. The molecular formula is C17H30O3. The highest BCUT2D eigenvalue weighted by atomic mass is 16.4. The number of allylic oxidation sites excluding steroid dienone is 2. The Bertz CT molecular complexity index is 282. The smallest absolute Gasteiger partial charge is 0.303 e. The van der Waals surface area contributed by atoms with Gasteiger partial charge in [0.05, 0.1) is 6.10 Å². The van der Waals surface area contributed by atoms with E-state index in [-0.39, 0.29) is 6.10 Å². The molecule has 0 saturated carbocycles. The van der Waals surface area contributed by atoms with Crippen molar-refractivity contribution >= 4 is 5.97 Å². The fraction of sp³-hybridized carbons (Fsp3) is 0.706. The van der Waals surface area contributed by atoms with Crippen molar-refractivity contribution in [1.29, 1.82) is 0 Å². The second-order valence-electron chi connectivity index (χ2n) is 5.18. The summed E-state index contributed by atoms with van der Waals surface area (Å²) >= 11 is 0. The average molecular weight is 282 g/mol. The summed E-state index contributed by atoms with van der Waals surface area (Å²) in [6.07, 6.45) is 17.1. The standard InChI is InChI=1S/C17H30O3/c1-2-3-10-13-16(18)14-11-8-6-4-5-7-9-12-15-17(19)20/h3,8,10-11,16,18H,2,4-7,9,12-15H2,1H3,(H,19,20)/b10-3-,11-8-. The summed E-state index contributed by atoms with van der Waals surface area (Å²) in [5.74, 6) is -0.694. The predicted octanol–water partition coefficient (Wildman–Crippen LogP) is 4.47. The van der Waals surface area contributed by atoms with Gasteiger partial charge in [-0.25, -0.2) is 0 Å². The van der Waals surface area contributed by atoms with Crippen LogP contribution >= 0.6 is 0 Å². The molecule has 3 nitrogen and oxygen atoms in total. The van der Waals surface area contributed by atoms with Crippen molar-refractivity contribution in [2.24, 2.45) is 0 Å². The first-order valence-corrected chi connectivity index (χ1v) is 7.86. The lowest BCUT2D eigenvalue weighted by molar-refractivity contribution is -0.137. The molecule has 1 unspecified atom stereocenters. The summed E-state index contributed by atoms with van der Waals surface area (Å²) in [4.78, 5) is 10.3. The fourth-order valence-electron chi connectivity index (χ4n) is 1.96. The van der Waals surface area contributed by atoms with Crippen LogP contribution in [0.3, 0.4) is 0 Å². The van der Waals surface area contributed by atoms with Gasteiger partial charge in [-0.15, -0.1) is 0 Å². The van der Waals surface area contributed by atoms with Gasteiger partial charge in [0, 0.05) is 6.42 Å². The Balaban J connectivity index is 3.31. The normalized spacial score (nSPS) is 13.3. The molecule has 0 fully saturated rings. The minimum atomic E-state index is -0.694. The van der Waals surface area contributed by atoms with E-state index in [1.54, 1.807) is 0 Å². The van der Waals surface area contributed by atoms with Crippen LogP contribution in [0.1, 0.15) is 71.1 Å². The van der Waals surface area contributed by atoms with Crippen molar-refractivity contribution in [3.05, 3.63) is 24.3 Å². The zero-order valence-corrected chi connectivity index (χ0v) is 12.8. The molecule has 0 heterocycles. The van der Waals surface area contributed by atoms with Crippen LogP contribution in [0.4, 0.5) is 0 Å². The summed E-state index contributed by atoms with van der Waals surface area (Å²) in [6, 6.07) is 0. The zero-order valence-electron chi connectivity index (χ0n) is 12.8. The molecule has 0 aromatic rings. The van der Waals surface area contributed by atoms with E-state index in [0.29, 0.717) is 6.42 Å². The van der Waals surface area contributed by atoms with Crippen LogP contribution in [-0.4, -0.2) is 22.3 Å². The summed E-state index contributed by atoms with van der Waals surface area (Å²) in [5.41, 5.74) is 0. The van der Waals surface area contributed by atoms with Crippen LogP contribution in [0.5, 0.6) is 0 Å². The molecule has 0 aromatic heterocycles. The van der Waals surface area contributed by atoms with Crippen molar-refractivity contribution in [3.63, 3.8) is 0 Å². The first-order chi connectivity index (χ1) is 9.66. The topological polar surface area (TPSA) is 57.5 Å². The SMILES string of the molecule is CC/C=C\CC(O)C/C=C\CCCCCCCC(=O)O. The molecule has 3 heteroatoms. The van der Waals surface area contributed by atoms with Gasteiger partial charge in [-0.2, -0.15) is 0 Å². The molecule has 0 aromatic carbocycles. The average Bonchev–Trinajstić information content (AvgIpc) is 2.41. The number of carbonyl (C=O) groups is 1. The van der Waals surface area contributed by atoms with Gasteiger partial charge in [0.15, 0.2) is 0 Å². The molecule has 20 heavy (non-hydrogen) atoms. The lowest BCUT2D eigenvalue weighted by Crippen LogP contribution is -2.02. The number of aliphatic hydroxyl groups excluding tert-OH is 1. The molecule has 0 rings (SSSR count). The Morgan fingerprint density at radius 3 is 2.20 bits per heavy atom. The molecule has 1 atom stereocenters. The second kappa shape index (κ2) is 14.3. The molecule has 0 aliphatic carbocycles. The largest absolute Gasteiger partial charge is 0.481 e. The number of hydrogen-bond acceptors (Lipinski definition) is 2. The molecule has 0 aliphatic rings. The lowest BCUT2D eigenvalue weighted by Gasteiger charge is -2.03. The van der Waals surface area contributed by atoms with Crippen LogP contribution < -0.4 is 0 Å². The Labute approximate surface area is 123 Å². The van der Waals surface area contributed by atoms with E-state index in [0.717, 1.165) is 57.8 Å². The van der Waals surface area contributed by atoms with Crippen LogP contribution in [0.15, 0.2) is 24.3 Å². The number of carboxylic acids is 1. The minimum Gasteiger partial charge on any atom is -0.481 e. The third kappa shape index (κ3) is 15.0. The molecular weight excluding hydrogens is 252 g/mol. The van der Waals surface area contributed by atoms with E-state index < -0.39 is 5.97 Å². The maximum atomic E-state index is 10.3. The van der Waals surface area contributed by atoms with E-state index in [4.69, 9.17) is 5.11 Å². The predicted molar refractivity (Wildman–Crippen MR) is 83.8 cm³/mol. The van der Waals surface area contributed by atoms with Crippen LogP contribution in [0.2, 0.25) is 0 Å². The zero-order chi connectivity index (χ0) is 15.1. The first kappa shape index (κ1) is 18.9. The molecule has 0 amide bonds. The molecule has 0 bridgehead atoms. The van der Waals surface area contributed by atoms with Gasteiger partial charge in [0.2, 0.25) is 0 Å². The monoisotopic (exact) mass is 282 g/mol. The second-order valence-corrected chi connectivity index (χ2v) is 5.18. The fourth-order valence-corrected chi connectivity index (χ4v) is 1.96. The Kier molecular flexibility index (Phi) is 13.5. The van der Waals surface area contributed by atoms with Gasteiger partial charge < -0.3 is 10.2 Å². The van der Waals surface area contributed by atoms with Gasteiger partial charge in [-0.1, -0.05) is 50.5 Å². The number of unbranched alkanes of at least 4 members (excludes halogenated alkanes) is 5. The molecule has 0 saturated heterocycles. The Morgan fingerprint density at radius 2 is 1.55 bits per heavy atom. The summed E-state index contributed by atoms with van der Waals surface area (Å²) in [6.45, 7) is 2.09. The molecule has 0 radical (unpaired) electrons. The van der Waals surface area contributed by atoms with E-state index in [1.165, 1.54) is 0 Å². The molecule has 0 aliphatic heterocycles. The highest BCUT2D eigenvalue weighted by molar-refractivity contribution is 5.66. The van der Waals surface area contributed by atoms with Crippen LogP contribution in [0.25, 0.3) is 0 Å². The lowest BCUT2D eigenvalue weighted by atomic mass is 10.1. The Hall–Kier alpha value is -1.09. The number of rotatable bonds is 13. The maximum absolute atomic E-state index is 10.3. The van der Waals surface area contributed by atoms with Crippen molar-refractivity contribution in [1.82, 2.24) is 0 Å². The van der Waals surface area contributed by atoms with Gasteiger partial charge >= 0.3 is 5.97 Å². The highest BCUT2D eigenvalue weighted by Crippen LogP contribution is 2.08. The van der Waals surface area contributed by atoms with Crippen LogP contribution in [0, 0.1) is 0 Å². The summed E-state index contributed by atoms with van der Waals surface area (Å²) in [7, 11) is 0.